The average Bonchev–Trinajstić information content (AvgIpc) is 3.05. The number of hydrogen-bond acceptors (Lipinski definition) is 2. The van der Waals surface area contributed by atoms with Crippen molar-refractivity contribution in [3.63, 3.8) is 0 Å². The molecule has 0 amide bonds. The summed E-state index contributed by atoms with van der Waals surface area (Å²) < 4.78 is 0. The van der Waals surface area contributed by atoms with Crippen molar-refractivity contribution < 1.29 is 20.1 Å². The molecule has 0 atom stereocenters. The van der Waals surface area contributed by atoms with Crippen LogP contribution in [0.2, 0.25) is 0 Å². The van der Waals surface area contributed by atoms with Crippen LogP contribution in [0.5, 0.6) is 0 Å². The Hall–Kier alpha value is -4.43. The van der Waals surface area contributed by atoms with Crippen LogP contribution < -0.4 is 0 Å². The quantitative estimate of drug-likeness (QED) is 0.132. The second-order valence-electron chi connectivity index (χ2n) is 12.0. The smallest absolute Gasteiger partial charge is 0.0163 e. The topological polar surface area (TPSA) is 25.8 Å². The summed E-state index contributed by atoms with van der Waals surface area (Å²) >= 11 is 0. The number of fused-ring (bicyclic) bond motifs is 3. The molecule has 0 aliphatic carbocycles. The summed E-state index contributed by atoms with van der Waals surface area (Å²) in [5, 5.41) is 5.11. The SMILES string of the molecule is CC(C)(C)Cc1ccnc(-c2[c-]cc(-c3cc4ccccc4c4ccccc34)cc2)c1.[Ir].[c-]1ccccc1-c1ccccn1. The van der Waals surface area contributed by atoms with Crippen molar-refractivity contribution in [1.29, 1.82) is 0 Å². The third-order valence-corrected chi connectivity index (χ3v) is 7.38. The number of aromatic nitrogens is 2. The van der Waals surface area contributed by atoms with Crippen molar-refractivity contribution in [2.24, 2.45) is 5.41 Å². The van der Waals surface area contributed by atoms with E-state index in [0.717, 1.165) is 28.9 Å². The zero-order valence-corrected chi connectivity index (χ0v) is 27.6. The van der Waals surface area contributed by atoms with Gasteiger partial charge in [0.15, 0.2) is 0 Å². The van der Waals surface area contributed by atoms with Gasteiger partial charge in [-0.1, -0.05) is 110 Å². The van der Waals surface area contributed by atoms with Gasteiger partial charge >= 0.3 is 0 Å². The molecule has 0 spiro atoms. The van der Waals surface area contributed by atoms with E-state index in [1.807, 2.05) is 48.7 Å². The fourth-order valence-electron chi connectivity index (χ4n) is 5.46. The molecule has 2 aromatic heterocycles. The van der Waals surface area contributed by atoms with Gasteiger partial charge in [0, 0.05) is 32.5 Å². The molecule has 44 heavy (non-hydrogen) atoms. The third kappa shape index (κ3) is 7.37. The Balaban J connectivity index is 0.000000248. The molecule has 0 N–H and O–H groups in total. The Bertz CT molecular complexity index is 1920. The molecule has 0 saturated heterocycles. The molecule has 0 unspecified atom stereocenters. The monoisotopic (exact) mass is 747 g/mol. The summed E-state index contributed by atoms with van der Waals surface area (Å²) in [6.45, 7) is 6.80. The van der Waals surface area contributed by atoms with E-state index in [9.17, 15) is 0 Å². The number of rotatable bonds is 4. The van der Waals surface area contributed by atoms with Gasteiger partial charge in [0.05, 0.1) is 0 Å². The Labute approximate surface area is 274 Å². The van der Waals surface area contributed by atoms with E-state index < -0.39 is 0 Å². The molecule has 7 aromatic rings. The van der Waals surface area contributed by atoms with Crippen LogP contribution in [0.25, 0.3) is 55.2 Å². The number of hydrogen-bond donors (Lipinski definition) is 0. The molecular formula is C41H34IrN2-2. The minimum atomic E-state index is 0. The Morgan fingerprint density at radius 2 is 1.30 bits per heavy atom. The van der Waals surface area contributed by atoms with Gasteiger partial charge in [-0.2, -0.15) is 0 Å². The molecule has 0 saturated carbocycles. The van der Waals surface area contributed by atoms with Crippen LogP contribution in [-0.4, -0.2) is 9.97 Å². The van der Waals surface area contributed by atoms with E-state index in [4.69, 9.17) is 0 Å². The van der Waals surface area contributed by atoms with E-state index >= 15 is 0 Å². The van der Waals surface area contributed by atoms with E-state index in [1.54, 1.807) is 6.20 Å². The summed E-state index contributed by atoms with van der Waals surface area (Å²) in [5.41, 5.74) is 8.01. The standard InChI is InChI=1S/C30H26N.C11H8N.Ir/c1-30(2,3)20-21-16-17-31-29(18-21)23-14-12-22(13-15-23)28-19-24-8-4-5-9-25(24)26-10-6-7-11-27(26)28;1-2-6-10(7-3-1)11-8-4-5-9-12-11;/h4-14,16-19H,20H2,1-3H3;1-6,8-9H;/q2*-1;. The first kappa shape index (κ1) is 31.0. The van der Waals surface area contributed by atoms with Crippen LogP contribution in [0.1, 0.15) is 26.3 Å². The maximum absolute atomic E-state index is 4.60. The fourth-order valence-corrected chi connectivity index (χ4v) is 5.46. The maximum atomic E-state index is 4.60. The van der Waals surface area contributed by atoms with Gasteiger partial charge in [-0.3, -0.25) is 0 Å². The van der Waals surface area contributed by atoms with Gasteiger partial charge in [0.1, 0.15) is 0 Å². The predicted octanol–water partition coefficient (Wildman–Crippen LogP) is 10.7. The minimum absolute atomic E-state index is 0. The normalized spacial score (nSPS) is 11.0. The van der Waals surface area contributed by atoms with Crippen molar-refractivity contribution in [2.75, 3.05) is 0 Å². The number of nitrogens with zero attached hydrogens (tertiary/aromatic N) is 2. The Morgan fingerprint density at radius 3 is 2.00 bits per heavy atom. The first-order chi connectivity index (χ1) is 20.9. The first-order valence-electron chi connectivity index (χ1n) is 14.7. The molecule has 219 valence electrons. The number of benzene rings is 5. The Kier molecular flexibility index (Phi) is 9.80. The van der Waals surface area contributed by atoms with E-state index in [0.29, 0.717) is 0 Å². The minimum Gasteiger partial charge on any atom is -0.305 e. The van der Waals surface area contributed by atoms with Gasteiger partial charge in [-0.25, -0.2) is 0 Å². The van der Waals surface area contributed by atoms with Gasteiger partial charge in [0.25, 0.3) is 0 Å². The Morgan fingerprint density at radius 1 is 0.591 bits per heavy atom. The largest absolute Gasteiger partial charge is 0.305 e. The van der Waals surface area contributed by atoms with Crippen LogP contribution in [0, 0.1) is 17.5 Å². The molecule has 5 aromatic carbocycles. The first-order valence-corrected chi connectivity index (χ1v) is 14.7. The predicted molar refractivity (Wildman–Crippen MR) is 181 cm³/mol. The van der Waals surface area contributed by atoms with Crippen molar-refractivity contribution >= 4 is 21.5 Å². The maximum Gasteiger partial charge on any atom is 0.0163 e. The van der Waals surface area contributed by atoms with E-state index in [-0.39, 0.29) is 25.5 Å². The molecule has 2 heterocycles. The molecule has 2 nitrogen and oxygen atoms in total. The summed E-state index contributed by atoms with van der Waals surface area (Å²) in [6, 6.07) is 50.6. The van der Waals surface area contributed by atoms with Crippen molar-refractivity contribution in [2.45, 2.75) is 27.2 Å². The summed E-state index contributed by atoms with van der Waals surface area (Å²) in [7, 11) is 0. The van der Waals surface area contributed by atoms with Crippen LogP contribution in [0.15, 0.2) is 140 Å². The molecular weight excluding hydrogens is 713 g/mol. The van der Waals surface area contributed by atoms with Crippen molar-refractivity contribution in [1.82, 2.24) is 9.97 Å². The van der Waals surface area contributed by atoms with Crippen LogP contribution in [-0.2, 0) is 26.5 Å². The molecule has 0 fully saturated rings. The summed E-state index contributed by atoms with van der Waals surface area (Å²) in [5.74, 6) is 0. The van der Waals surface area contributed by atoms with Crippen molar-refractivity contribution in [3.8, 4) is 33.6 Å². The molecule has 3 heteroatoms. The molecule has 7 rings (SSSR count). The third-order valence-electron chi connectivity index (χ3n) is 7.38. The second kappa shape index (κ2) is 13.9. The zero-order valence-electron chi connectivity index (χ0n) is 25.2. The zero-order chi connectivity index (χ0) is 29.6. The molecule has 1 radical (unpaired) electrons. The van der Waals surface area contributed by atoms with Crippen LogP contribution >= 0.6 is 0 Å². The number of pyridine rings is 2. The van der Waals surface area contributed by atoms with E-state index in [2.05, 4.69) is 128 Å². The van der Waals surface area contributed by atoms with Gasteiger partial charge in [0.2, 0.25) is 0 Å². The molecule has 0 bridgehead atoms. The molecule has 0 aliphatic heterocycles. The fraction of sp³-hybridized carbons (Fsp3) is 0.122. The molecule has 0 aliphatic rings. The summed E-state index contributed by atoms with van der Waals surface area (Å²) in [6.07, 6.45) is 4.73. The van der Waals surface area contributed by atoms with Crippen LogP contribution in [0.3, 0.4) is 0 Å². The van der Waals surface area contributed by atoms with E-state index in [1.165, 1.54) is 38.2 Å². The van der Waals surface area contributed by atoms with Crippen LogP contribution in [0.4, 0.5) is 0 Å². The van der Waals surface area contributed by atoms with Crippen molar-refractivity contribution in [3.05, 3.63) is 157 Å². The average molecular weight is 747 g/mol. The second-order valence-corrected chi connectivity index (χ2v) is 12.0. The summed E-state index contributed by atoms with van der Waals surface area (Å²) in [4.78, 5) is 8.82. The van der Waals surface area contributed by atoms with Gasteiger partial charge < -0.3 is 9.97 Å². The van der Waals surface area contributed by atoms with Gasteiger partial charge in [-0.05, 0) is 56.9 Å². The van der Waals surface area contributed by atoms with Gasteiger partial charge in [-0.15, -0.1) is 65.7 Å².